The predicted octanol–water partition coefficient (Wildman–Crippen LogP) is 2.14. The quantitative estimate of drug-likeness (QED) is 0.834. The van der Waals surface area contributed by atoms with Crippen molar-refractivity contribution in [2.45, 2.75) is 25.7 Å². The molecule has 1 spiro atoms. The van der Waals surface area contributed by atoms with Crippen LogP contribution in [0.1, 0.15) is 36.0 Å². The maximum absolute atomic E-state index is 13.9. The zero-order valence-electron chi connectivity index (χ0n) is 12.1. The van der Waals surface area contributed by atoms with Crippen LogP contribution in [0.4, 0.5) is 4.39 Å². The summed E-state index contributed by atoms with van der Waals surface area (Å²) < 4.78 is 13.9. The van der Waals surface area contributed by atoms with Crippen molar-refractivity contribution >= 4 is 5.91 Å². The molecule has 1 atom stereocenters. The number of nitrogens with one attached hydrogen (secondary N) is 1. The summed E-state index contributed by atoms with van der Waals surface area (Å²) >= 11 is 0. The molecule has 0 saturated carbocycles. The summed E-state index contributed by atoms with van der Waals surface area (Å²) in [7, 11) is 0. The van der Waals surface area contributed by atoms with E-state index in [1.807, 2.05) is 0 Å². The Bertz CT molecular complexity index is 536. The Kier molecular flexibility index (Phi) is 3.85. The highest BCUT2D eigenvalue weighted by molar-refractivity contribution is 5.94. The van der Waals surface area contributed by atoms with Crippen LogP contribution in [-0.2, 0) is 0 Å². The maximum Gasteiger partial charge on any atom is 0.256 e. The van der Waals surface area contributed by atoms with Gasteiger partial charge in [-0.2, -0.15) is 0 Å². The number of rotatable bonds is 1. The smallest absolute Gasteiger partial charge is 0.256 e. The van der Waals surface area contributed by atoms with Crippen LogP contribution in [0, 0.1) is 11.2 Å². The Morgan fingerprint density at radius 2 is 2.14 bits per heavy atom. The van der Waals surface area contributed by atoms with Crippen LogP contribution in [0.3, 0.4) is 0 Å². The topological polar surface area (TPSA) is 52.6 Å². The number of hydrogen-bond donors (Lipinski definition) is 2. The summed E-state index contributed by atoms with van der Waals surface area (Å²) in [5, 5.41) is 12.7. The van der Waals surface area contributed by atoms with Crippen LogP contribution in [0.25, 0.3) is 0 Å². The van der Waals surface area contributed by atoms with E-state index in [-0.39, 0.29) is 22.6 Å². The molecule has 3 rings (SSSR count). The SMILES string of the molecule is O=C(c1ccc(O)cc1F)N1CCCC2(CCCNC2)C1. The fraction of sp³-hybridized carbons (Fsp3) is 0.562. The Morgan fingerprint density at radius 1 is 1.33 bits per heavy atom. The number of nitrogens with zero attached hydrogens (tertiary/aromatic N) is 1. The lowest BCUT2D eigenvalue weighted by molar-refractivity contribution is 0.0430. The van der Waals surface area contributed by atoms with E-state index >= 15 is 0 Å². The second-order valence-electron chi connectivity index (χ2n) is 6.27. The number of amides is 1. The maximum atomic E-state index is 13.9. The Labute approximate surface area is 124 Å². The van der Waals surface area contributed by atoms with Gasteiger partial charge in [0.15, 0.2) is 0 Å². The van der Waals surface area contributed by atoms with E-state index < -0.39 is 5.82 Å². The van der Waals surface area contributed by atoms with Crippen molar-refractivity contribution in [1.29, 1.82) is 0 Å². The van der Waals surface area contributed by atoms with Gasteiger partial charge >= 0.3 is 0 Å². The first kappa shape index (κ1) is 14.3. The fourth-order valence-corrected chi connectivity index (χ4v) is 3.61. The van der Waals surface area contributed by atoms with Gasteiger partial charge in [0, 0.05) is 31.1 Å². The van der Waals surface area contributed by atoms with Gasteiger partial charge in [0.25, 0.3) is 5.91 Å². The summed E-state index contributed by atoms with van der Waals surface area (Å²) in [6, 6.07) is 3.72. The Hall–Kier alpha value is -1.62. The van der Waals surface area contributed by atoms with Gasteiger partial charge in [0.1, 0.15) is 11.6 Å². The molecule has 1 amide bonds. The first-order chi connectivity index (χ1) is 10.1. The van der Waals surface area contributed by atoms with Gasteiger partial charge in [-0.25, -0.2) is 4.39 Å². The van der Waals surface area contributed by atoms with Gasteiger partial charge in [-0.1, -0.05) is 0 Å². The number of phenols is 1. The van der Waals surface area contributed by atoms with Crippen molar-refractivity contribution in [3.8, 4) is 5.75 Å². The lowest BCUT2D eigenvalue weighted by Gasteiger charge is -2.45. The molecule has 0 aliphatic carbocycles. The number of piperidine rings is 2. The van der Waals surface area contributed by atoms with Crippen LogP contribution in [-0.4, -0.2) is 42.1 Å². The van der Waals surface area contributed by atoms with E-state index in [0.29, 0.717) is 13.1 Å². The molecule has 2 fully saturated rings. The highest BCUT2D eigenvalue weighted by Crippen LogP contribution is 2.36. The summed E-state index contributed by atoms with van der Waals surface area (Å²) in [5.74, 6) is -1.07. The lowest BCUT2D eigenvalue weighted by atomic mass is 9.74. The zero-order valence-corrected chi connectivity index (χ0v) is 12.1. The van der Waals surface area contributed by atoms with Crippen molar-refractivity contribution < 1.29 is 14.3 Å². The molecule has 2 N–H and O–H groups in total. The van der Waals surface area contributed by atoms with Crippen molar-refractivity contribution in [3.05, 3.63) is 29.6 Å². The zero-order chi connectivity index (χ0) is 14.9. The van der Waals surface area contributed by atoms with Gasteiger partial charge in [-0.05, 0) is 44.4 Å². The summed E-state index contributed by atoms with van der Waals surface area (Å²) in [5.41, 5.74) is 0.202. The molecule has 114 valence electrons. The van der Waals surface area contributed by atoms with Gasteiger partial charge in [0.2, 0.25) is 0 Å². The van der Waals surface area contributed by atoms with Crippen LogP contribution < -0.4 is 5.32 Å². The molecule has 0 bridgehead atoms. The van der Waals surface area contributed by atoms with E-state index in [1.54, 1.807) is 4.90 Å². The molecule has 4 nitrogen and oxygen atoms in total. The van der Waals surface area contributed by atoms with Crippen molar-refractivity contribution in [2.24, 2.45) is 5.41 Å². The first-order valence-corrected chi connectivity index (χ1v) is 7.58. The number of carbonyl (C=O) groups is 1. The number of phenolic OH excluding ortho intramolecular Hbond substituents is 1. The summed E-state index contributed by atoms with van der Waals surface area (Å²) in [4.78, 5) is 14.3. The number of hydrogen-bond acceptors (Lipinski definition) is 3. The van der Waals surface area contributed by atoms with Gasteiger partial charge in [-0.3, -0.25) is 4.79 Å². The third kappa shape index (κ3) is 2.88. The minimum absolute atomic E-state index is 0.0496. The molecule has 21 heavy (non-hydrogen) atoms. The van der Waals surface area contributed by atoms with E-state index in [1.165, 1.54) is 12.1 Å². The molecule has 2 aliphatic rings. The van der Waals surface area contributed by atoms with Crippen LogP contribution in [0.2, 0.25) is 0 Å². The molecule has 1 aromatic rings. The van der Waals surface area contributed by atoms with Crippen molar-refractivity contribution in [3.63, 3.8) is 0 Å². The Balaban J connectivity index is 1.77. The molecular formula is C16H21FN2O2. The van der Waals surface area contributed by atoms with Crippen molar-refractivity contribution in [2.75, 3.05) is 26.2 Å². The number of likely N-dealkylation sites (tertiary alicyclic amines) is 1. The number of benzene rings is 1. The third-order valence-electron chi connectivity index (χ3n) is 4.69. The van der Waals surface area contributed by atoms with Gasteiger partial charge < -0.3 is 15.3 Å². The Morgan fingerprint density at radius 3 is 2.86 bits per heavy atom. The average molecular weight is 292 g/mol. The second kappa shape index (κ2) is 5.64. The highest BCUT2D eigenvalue weighted by atomic mass is 19.1. The van der Waals surface area contributed by atoms with Crippen molar-refractivity contribution in [1.82, 2.24) is 10.2 Å². The molecular weight excluding hydrogens is 271 g/mol. The van der Waals surface area contributed by atoms with E-state index in [4.69, 9.17) is 0 Å². The molecule has 2 saturated heterocycles. The van der Waals surface area contributed by atoms with E-state index in [9.17, 15) is 14.3 Å². The largest absolute Gasteiger partial charge is 0.508 e. The molecule has 0 aromatic heterocycles. The first-order valence-electron chi connectivity index (χ1n) is 7.58. The standard InChI is InChI=1S/C16H21FN2O2/c17-14-9-12(20)3-4-13(14)15(21)19-8-2-6-16(11-19)5-1-7-18-10-16/h3-4,9,18,20H,1-2,5-8,10-11H2. The average Bonchev–Trinajstić information content (AvgIpc) is 2.47. The van der Waals surface area contributed by atoms with Crippen LogP contribution in [0.15, 0.2) is 18.2 Å². The summed E-state index contributed by atoms with van der Waals surface area (Å²) in [6.45, 7) is 3.36. The van der Waals surface area contributed by atoms with Gasteiger partial charge in [0.05, 0.1) is 5.56 Å². The third-order valence-corrected chi connectivity index (χ3v) is 4.69. The normalized spacial score (nSPS) is 26.0. The number of halogens is 1. The summed E-state index contributed by atoms with van der Waals surface area (Å²) in [6.07, 6.45) is 4.35. The molecule has 1 aromatic carbocycles. The van der Waals surface area contributed by atoms with Gasteiger partial charge in [-0.15, -0.1) is 0 Å². The minimum Gasteiger partial charge on any atom is -0.508 e. The highest BCUT2D eigenvalue weighted by Gasteiger charge is 2.38. The second-order valence-corrected chi connectivity index (χ2v) is 6.27. The van der Waals surface area contributed by atoms with Crippen LogP contribution >= 0.6 is 0 Å². The monoisotopic (exact) mass is 292 g/mol. The van der Waals surface area contributed by atoms with Crippen LogP contribution in [0.5, 0.6) is 5.75 Å². The van der Waals surface area contributed by atoms with E-state index in [0.717, 1.165) is 44.8 Å². The number of carbonyl (C=O) groups excluding carboxylic acids is 1. The minimum atomic E-state index is -0.651. The molecule has 5 heteroatoms. The fourth-order valence-electron chi connectivity index (χ4n) is 3.61. The predicted molar refractivity (Wildman–Crippen MR) is 77.7 cm³/mol. The lowest BCUT2D eigenvalue weighted by Crippen LogP contribution is -2.52. The molecule has 1 unspecified atom stereocenters. The molecule has 0 radical (unpaired) electrons. The number of aromatic hydroxyl groups is 1. The molecule has 2 heterocycles. The molecule has 2 aliphatic heterocycles. The van der Waals surface area contributed by atoms with E-state index in [2.05, 4.69) is 5.32 Å².